The van der Waals surface area contributed by atoms with E-state index in [0.717, 1.165) is 0 Å². The van der Waals surface area contributed by atoms with Crippen molar-refractivity contribution >= 4 is 11.9 Å². The van der Waals surface area contributed by atoms with E-state index in [0.29, 0.717) is 45.5 Å². The highest BCUT2D eigenvalue weighted by molar-refractivity contribution is 5.91. The van der Waals surface area contributed by atoms with Crippen molar-refractivity contribution in [3.8, 4) is 45.6 Å². The van der Waals surface area contributed by atoms with Gasteiger partial charge in [0.25, 0.3) is 0 Å². The lowest BCUT2D eigenvalue weighted by atomic mass is 10.1. The van der Waals surface area contributed by atoms with E-state index in [1.807, 2.05) is 0 Å². The van der Waals surface area contributed by atoms with Gasteiger partial charge in [0.05, 0.1) is 34.2 Å². The molecule has 5 aromatic rings. The molecule has 0 atom stereocenters. The Morgan fingerprint density at radius 2 is 1.11 bits per heavy atom. The van der Waals surface area contributed by atoms with Gasteiger partial charge in [0.2, 0.25) is 0 Å². The van der Waals surface area contributed by atoms with Crippen molar-refractivity contribution in [1.82, 2.24) is 35.0 Å². The number of benzene rings is 2. The maximum absolute atomic E-state index is 11.2. The molecule has 0 bridgehead atoms. The van der Waals surface area contributed by atoms with E-state index in [1.54, 1.807) is 32.0 Å². The first-order valence-electron chi connectivity index (χ1n) is 11.1. The lowest BCUT2D eigenvalue weighted by Gasteiger charge is -2.07. The van der Waals surface area contributed by atoms with Gasteiger partial charge in [-0.1, -0.05) is 16.5 Å². The highest BCUT2D eigenvalue weighted by Crippen LogP contribution is 2.28. The summed E-state index contributed by atoms with van der Waals surface area (Å²) in [6, 6.07) is 13.5. The number of carboxylic acids is 2. The number of hydrogen-bond acceptors (Lipinski definition) is 9. The molecule has 13 nitrogen and oxygen atoms in total. The lowest BCUT2D eigenvalue weighted by Crippen LogP contribution is -2.02. The number of nitrogens with zero attached hydrogens (tertiary/aromatic N) is 7. The van der Waals surface area contributed by atoms with Gasteiger partial charge in [-0.2, -0.15) is 0 Å². The number of rotatable bonds is 6. The van der Waals surface area contributed by atoms with Gasteiger partial charge in [-0.15, -0.1) is 10.2 Å². The quantitative estimate of drug-likeness (QED) is 0.261. The summed E-state index contributed by atoms with van der Waals surface area (Å²) in [5.74, 6) is -3.27. The van der Waals surface area contributed by atoms with Crippen LogP contribution in [0.4, 0.5) is 0 Å². The Kier molecular flexibility index (Phi) is 5.79. The smallest absolute Gasteiger partial charge is 0.339 e. The molecule has 0 fully saturated rings. The molecule has 38 heavy (non-hydrogen) atoms. The zero-order valence-electron chi connectivity index (χ0n) is 19.9. The molecule has 3 heterocycles. The van der Waals surface area contributed by atoms with Gasteiger partial charge < -0.3 is 20.4 Å². The first-order chi connectivity index (χ1) is 18.2. The minimum absolute atomic E-state index is 0.224. The number of aromatic carboxylic acids is 2. The average Bonchev–Trinajstić information content (AvgIpc) is 3.46. The second-order valence-corrected chi connectivity index (χ2v) is 8.29. The largest absolute Gasteiger partial charge is 0.507 e. The number of carboxylic acid groups (broad SMARTS) is 2. The second-order valence-electron chi connectivity index (χ2n) is 8.29. The standard InChI is InChI=1S/C25H19N7O6/c1-12-22(27-29-31(12)14-6-8-16(24(35)36)20(33)10-14)18-4-3-5-19(26-18)23-13(2)32(30-28-23)15-7-9-17(25(37)38)21(34)11-15/h3-11,33-34H,1-2H3,(H,35,36)(H,37,38). The Morgan fingerprint density at radius 1 is 0.684 bits per heavy atom. The van der Waals surface area contributed by atoms with Crippen molar-refractivity contribution in [3.05, 3.63) is 77.1 Å². The van der Waals surface area contributed by atoms with E-state index >= 15 is 0 Å². The van der Waals surface area contributed by atoms with Crippen molar-refractivity contribution in [2.24, 2.45) is 0 Å². The van der Waals surface area contributed by atoms with E-state index in [-0.39, 0.29) is 11.1 Å². The minimum Gasteiger partial charge on any atom is -0.507 e. The molecule has 0 unspecified atom stereocenters. The molecule has 2 aromatic carbocycles. The second kappa shape index (κ2) is 9.13. The lowest BCUT2D eigenvalue weighted by molar-refractivity contribution is 0.0682. The van der Waals surface area contributed by atoms with Crippen molar-refractivity contribution in [2.45, 2.75) is 13.8 Å². The minimum atomic E-state index is -1.24. The Bertz CT molecular complexity index is 1620. The summed E-state index contributed by atoms with van der Waals surface area (Å²) in [7, 11) is 0. The van der Waals surface area contributed by atoms with Crippen LogP contribution in [-0.2, 0) is 0 Å². The predicted octanol–water partition coefficient (Wildman–Crippen LogP) is 3.00. The van der Waals surface area contributed by atoms with E-state index in [2.05, 4.69) is 25.6 Å². The van der Waals surface area contributed by atoms with Crippen molar-refractivity contribution in [1.29, 1.82) is 0 Å². The van der Waals surface area contributed by atoms with Crippen LogP contribution in [-0.4, -0.2) is 67.3 Å². The fraction of sp³-hybridized carbons (Fsp3) is 0.0800. The summed E-state index contributed by atoms with van der Waals surface area (Å²) >= 11 is 0. The van der Waals surface area contributed by atoms with Crippen molar-refractivity contribution < 1.29 is 30.0 Å². The summed E-state index contributed by atoms with van der Waals surface area (Å²) in [5.41, 5.74) is 3.53. The molecular formula is C25H19N7O6. The van der Waals surface area contributed by atoms with Gasteiger partial charge in [0.1, 0.15) is 34.0 Å². The summed E-state index contributed by atoms with van der Waals surface area (Å²) in [6.45, 7) is 3.53. The van der Waals surface area contributed by atoms with Gasteiger partial charge in [-0.25, -0.2) is 23.9 Å². The van der Waals surface area contributed by atoms with Crippen LogP contribution in [0.5, 0.6) is 11.5 Å². The highest BCUT2D eigenvalue weighted by atomic mass is 16.4. The summed E-state index contributed by atoms with van der Waals surface area (Å²) in [4.78, 5) is 27.0. The van der Waals surface area contributed by atoms with Gasteiger partial charge in [0.15, 0.2) is 0 Å². The molecule has 13 heteroatoms. The molecular weight excluding hydrogens is 494 g/mol. The molecule has 0 spiro atoms. The van der Waals surface area contributed by atoms with E-state index < -0.39 is 23.4 Å². The third kappa shape index (κ3) is 4.07. The molecule has 0 amide bonds. The molecule has 5 rings (SSSR count). The molecule has 0 saturated heterocycles. The van der Waals surface area contributed by atoms with E-state index in [4.69, 9.17) is 10.2 Å². The van der Waals surface area contributed by atoms with Crippen molar-refractivity contribution in [3.63, 3.8) is 0 Å². The molecule has 0 aliphatic rings. The Hall–Kier alpha value is -5.59. The van der Waals surface area contributed by atoms with Crippen LogP contribution < -0.4 is 0 Å². The molecule has 190 valence electrons. The fourth-order valence-corrected chi connectivity index (χ4v) is 3.99. The van der Waals surface area contributed by atoms with Crippen LogP contribution in [0.15, 0.2) is 54.6 Å². The number of carbonyl (C=O) groups is 2. The first-order valence-corrected chi connectivity index (χ1v) is 11.1. The number of phenols is 2. The summed E-state index contributed by atoms with van der Waals surface area (Å²) < 4.78 is 2.92. The van der Waals surface area contributed by atoms with E-state index in [1.165, 1.54) is 45.8 Å². The molecule has 0 aliphatic heterocycles. The highest BCUT2D eigenvalue weighted by Gasteiger charge is 2.19. The van der Waals surface area contributed by atoms with E-state index in [9.17, 15) is 19.8 Å². The molecule has 3 aromatic heterocycles. The van der Waals surface area contributed by atoms with Crippen LogP contribution in [0.2, 0.25) is 0 Å². The van der Waals surface area contributed by atoms with Gasteiger partial charge in [-0.05, 0) is 50.2 Å². The molecule has 0 radical (unpaired) electrons. The SMILES string of the molecule is Cc1c(-c2cccc(-c3nnn(-c4ccc(C(=O)O)c(O)c4)c3C)n2)nnn1-c1ccc(C(=O)O)c(O)c1. The van der Waals surface area contributed by atoms with Crippen LogP contribution in [0.1, 0.15) is 32.1 Å². The summed E-state index contributed by atoms with van der Waals surface area (Å²) in [5, 5.41) is 55.1. The number of aromatic nitrogens is 7. The average molecular weight is 513 g/mol. The Balaban J connectivity index is 1.49. The van der Waals surface area contributed by atoms with Crippen LogP contribution in [0.25, 0.3) is 34.2 Å². The van der Waals surface area contributed by atoms with Gasteiger partial charge in [-0.3, -0.25) is 0 Å². The zero-order chi connectivity index (χ0) is 27.1. The van der Waals surface area contributed by atoms with Crippen LogP contribution >= 0.6 is 0 Å². The fourth-order valence-electron chi connectivity index (χ4n) is 3.99. The zero-order valence-corrected chi connectivity index (χ0v) is 19.9. The molecule has 0 aliphatic carbocycles. The van der Waals surface area contributed by atoms with Crippen molar-refractivity contribution in [2.75, 3.05) is 0 Å². The predicted molar refractivity (Wildman–Crippen MR) is 132 cm³/mol. The van der Waals surface area contributed by atoms with Crippen LogP contribution in [0, 0.1) is 13.8 Å². The Labute approximate surface area is 213 Å². The third-order valence-corrected chi connectivity index (χ3v) is 5.94. The number of aromatic hydroxyl groups is 2. The topological polar surface area (TPSA) is 189 Å². The summed E-state index contributed by atoms with van der Waals surface area (Å²) in [6.07, 6.45) is 0. The Morgan fingerprint density at radius 3 is 1.47 bits per heavy atom. The maximum atomic E-state index is 11.2. The number of hydrogen-bond donors (Lipinski definition) is 4. The monoisotopic (exact) mass is 513 g/mol. The first kappa shape index (κ1) is 24.1. The van der Waals surface area contributed by atoms with Crippen LogP contribution in [0.3, 0.4) is 0 Å². The molecule has 4 N–H and O–H groups in total. The van der Waals surface area contributed by atoms with Gasteiger partial charge >= 0.3 is 11.9 Å². The molecule has 0 saturated carbocycles. The normalized spacial score (nSPS) is 11.0. The third-order valence-electron chi connectivity index (χ3n) is 5.94. The van der Waals surface area contributed by atoms with Gasteiger partial charge in [0, 0.05) is 12.1 Å². The maximum Gasteiger partial charge on any atom is 0.339 e. The number of pyridine rings is 1.